The van der Waals surface area contributed by atoms with Gasteiger partial charge in [-0.25, -0.2) is 0 Å². The first-order chi connectivity index (χ1) is 7.44. The van der Waals surface area contributed by atoms with Gasteiger partial charge in [0.25, 0.3) is 0 Å². The second-order valence-corrected chi connectivity index (χ2v) is 6.06. The van der Waals surface area contributed by atoms with Crippen LogP contribution in [0.25, 0.3) is 0 Å². The Labute approximate surface area is 105 Å². The Hall–Kier alpha value is -0.531. The van der Waals surface area contributed by atoms with Crippen molar-refractivity contribution in [1.82, 2.24) is 0 Å². The number of allylic oxidation sites excluding steroid dienone is 3. The molecule has 2 unspecified atom stereocenters. The van der Waals surface area contributed by atoms with Crippen molar-refractivity contribution < 1.29 is 9.47 Å². The molecule has 1 aliphatic carbocycles. The fourth-order valence-corrected chi connectivity index (χ4v) is 2.71. The Balaban J connectivity index is 2.31. The van der Waals surface area contributed by atoms with E-state index in [1.165, 1.54) is 4.42 Å². The first-order valence-electron chi connectivity index (χ1n) is 5.64. The third kappa shape index (κ3) is 1.99. The topological polar surface area (TPSA) is 18.5 Å². The van der Waals surface area contributed by atoms with Crippen LogP contribution in [0, 0.1) is 11.8 Å². The summed E-state index contributed by atoms with van der Waals surface area (Å²) >= 11 is 3.16. The molecule has 0 amide bonds. The summed E-state index contributed by atoms with van der Waals surface area (Å²) in [6, 6.07) is 0. The van der Waals surface area contributed by atoms with Crippen LogP contribution < -0.4 is 0 Å². The molecule has 0 spiro atoms. The van der Waals surface area contributed by atoms with Crippen molar-refractivity contribution >= 4 is 20.0 Å². The number of ether oxygens (including phenoxy) is 2. The van der Waals surface area contributed by atoms with Crippen LogP contribution in [0.15, 0.2) is 23.7 Å². The van der Waals surface area contributed by atoms with Crippen molar-refractivity contribution in [2.24, 2.45) is 11.8 Å². The molecule has 1 fully saturated rings. The fraction of sp³-hybridized carbons (Fsp3) is 0.615. The van der Waals surface area contributed by atoms with Gasteiger partial charge < -0.3 is 0 Å². The van der Waals surface area contributed by atoms with E-state index in [0.29, 0.717) is 11.8 Å². The third-order valence-electron chi connectivity index (χ3n) is 3.40. The van der Waals surface area contributed by atoms with Crippen LogP contribution in [0.2, 0.25) is 0 Å². The Kier molecular flexibility index (Phi) is 3.02. The zero-order chi connectivity index (χ0) is 11.9. The van der Waals surface area contributed by atoms with E-state index in [1.54, 1.807) is 7.11 Å². The average Bonchev–Trinajstić information content (AvgIpc) is 2.20. The van der Waals surface area contributed by atoms with Gasteiger partial charge in [0, 0.05) is 0 Å². The number of methoxy groups -OCH3 is 1. The third-order valence-corrected chi connectivity index (χ3v) is 4.78. The van der Waals surface area contributed by atoms with Gasteiger partial charge in [-0.1, -0.05) is 0 Å². The van der Waals surface area contributed by atoms with E-state index in [-0.39, 0.29) is 5.60 Å². The molecular formula is C13H18O2Se. The molecule has 0 aromatic carbocycles. The normalized spacial score (nSPS) is 32.1. The zero-order valence-electron chi connectivity index (χ0n) is 10.2. The molecule has 1 heterocycles. The summed E-state index contributed by atoms with van der Waals surface area (Å²) in [6.45, 7) is 6.42. The summed E-state index contributed by atoms with van der Waals surface area (Å²) < 4.78 is 12.7. The van der Waals surface area contributed by atoms with Crippen LogP contribution in [0.3, 0.4) is 0 Å². The van der Waals surface area contributed by atoms with Crippen molar-refractivity contribution in [1.29, 1.82) is 0 Å². The molecule has 0 bridgehead atoms. The molecule has 0 saturated carbocycles. The fourth-order valence-electron chi connectivity index (χ4n) is 2.25. The van der Waals surface area contributed by atoms with Gasteiger partial charge >= 0.3 is 105 Å². The molecule has 1 aliphatic heterocycles. The molecule has 2 nitrogen and oxygen atoms in total. The van der Waals surface area contributed by atoms with Gasteiger partial charge in [0.1, 0.15) is 0 Å². The van der Waals surface area contributed by atoms with Crippen LogP contribution in [-0.2, 0) is 9.47 Å². The van der Waals surface area contributed by atoms with Crippen molar-refractivity contribution in [2.75, 3.05) is 7.11 Å². The van der Waals surface area contributed by atoms with E-state index >= 15 is 0 Å². The van der Waals surface area contributed by atoms with Gasteiger partial charge in [-0.3, -0.25) is 0 Å². The van der Waals surface area contributed by atoms with Crippen LogP contribution in [0.4, 0.5) is 0 Å². The van der Waals surface area contributed by atoms with Crippen molar-refractivity contribution in [2.45, 2.75) is 32.8 Å². The minimum absolute atomic E-state index is 0.196. The van der Waals surface area contributed by atoms with Crippen molar-refractivity contribution in [3.8, 4) is 0 Å². The second kappa shape index (κ2) is 4.05. The van der Waals surface area contributed by atoms with E-state index in [4.69, 9.17) is 9.47 Å². The van der Waals surface area contributed by atoms with Gasteiger partial charge in [0.05, 0.1) is 0 Å². The predicted molar refractivity (Wildman–Crippen MR) is 66.4 cm³/mol. The second-order valence-electron chi connectivity index (χ2n) is 5.03. The van der Waals surface area contributed by atoms with E-state index in [2.05, 4.69) is 42.4 Å². The van der Waals surface area contributed by atoms with Crippen molar-refractivity contribution in [3.05, 3.63) is 23.7 Å². The maximum atomic E-state index is 6.06. The standard InChI is InChI=1S/C13H18O2Se/c1-8-5-9(14-4)6-11-10(8)7-12(16)13(2,3)15-11/h5-6,8,10H,7H2,1-4H3. The predicted octanol–water partition coefficient (Wildman–Crippen LogP) is 2.21. The van der Waals surface area contributed by atoms with E-state index in [9.17, 15) is 0 Å². The van der Waals surface area contributed by atoms with E-state index in [0.717, 1.165) is 17.9 Å². The van der Waals surface area contributed by atoms with Crippen LogP contribution in [0.5, 0.6) is 0 Å². The van der Waals surface area contributed by atoms with Gasteiger partial charge in [-0.15, -0.1) is 0 Å². The molecule has 2 atom stereocenters. The number of hydrogen-bond donors (Lipinski definition) is 0. The maximum absolute atomic E-state index is 6.06. The molecule has 16 heavy (non-hydrogen) atoms. The summed E-state index contributed by atoms with van der Waals surface area (Å²) in [4.78, 5) is 0. The number of hydrogen-bond acceptors (Lipinski definition) is 2. The molecule has 2 aliphatic rings. The van der Waals surface area contributed by atoms with Crippen LogP contribution >= 0.6 is 0 Å². The number of rotatable bonds is 1. The van der Waals surface area contributed by atoms with Crippen LogP contribution in [0.1, 0.15) is 27.2 Å². The summed E-state index contributed by atoms with van der Waals surface area (Å²) in [6.07, 6.45) is 5.26. The van der Waals surface area contributed by atoms with Gasteiger partial charge in [0.2, 0.25) is 0 Å². The Bertz CT molecular complexity index is 379. The SMILES string of the molecule is COC1=CC(C)C2CC(=[Se])C(C)(C)OC2=C1. The molecule has 3 heteroatoms. The molecular weight excluding hydrogens is 267 g/mol. The summed E-state index contributed by atoms with van der Waals surface area (Å²) in [7, 11) is 1.70. The first-order valence-corrected chi connectivity index (χ1v) is 6.49. The number of fused-ring (bicyclic) bond motifs is 1. The molecule has 0 N–H and O–H groups in total. The Morgan fingerprint density at radius 1 is 1.50 bits per heavy atom. The molecule has 1 saturated heterocycles. The van der Waals surface area contributed by atoms with Crippen LogP contribution in [-0.4, -0.2) is 32.7 Å². The van der Waals surface area contributed by atoms with Gasteiger partial charge in [-0.2, -0.15) is 0 Å². The summed E-state index contributed by atoms with van der Waals surface area (Å²) in [5, 5.41) is 0. The molecule has 0 aromatic rings. The molecule has 0 radical (unpaired) electrons. The van der Waals surface area contributed by atoms with Crippen molar-refractivity contribution in [3.63, 3.8) is 0 Å². The van der Waals surface area contributed by atoms with E-state index < -0.39 is 0 Å². The zero-order valence-corrected chi connectivity index (χ0v) is 12.0. The average molecular weight is 285 g/mol. The van der Waals surface area contributed by atoms with Gasteiger partial charge in [-0.05, 0) is 0 Å². The molecule has 2 rings (SSSR count). The minimum atomic E-state index is -0.196. The summed E-state index contributed by atoms with van der Waals surface area (Å²) in [5.41, 5.74) is -0.196. The Morgan fingerprint density at radius 2 is 2.19 bits per heavy atom. The first kappa shape index (κ1) is 11.9. The monoisotopic (exact) mass is 286 g/mol. The van der Waals surface area contributed by atoms with Gasteiger partial charge in [0.15, 0.2) is 0 Å². The quantitative estimate of drug-likeness (QED) is 0.688. The summed E-state index contributed by atoms with van der Waals surface area (Å²) in [5.74, 6) is 2.91. The molecule has 0 aromatic heterocycles. The Morgan fingerprint density at radius 3 is 2.81 bits per heavy atom. The molecule has 88 valence electrons. The van der Waals surface area contributed by atoms with E-state index in [1.807, 2.05) is 6.08 Å².